The molecular formula is C24H22F2N4O5. The van der Waals surface area contributed by atoms with Gasteiger partial charge < -0.3 is 19.1 Å². The maximum atomic E-state index is 15.4. The van der Waals surface area contributed by atoms with Gasteiger partial charge in [0.2, 0.25) is 11.8 Å². The number of anilines is 1. The second-order valence-electron chi connectivity index (χ2n) is 8.67. The molecule has 3 aromatic rings. The minimum atomic E-state index is -1.06. The molecular weight excluding hydrogens is 462 g/mol. The van der Waals surface area contributed by atoms with E-state index in [2.05, 4.69) is 4.98 Å². The number of rotatable bonds is 4. The van der Waals surface area contributed by atoms with Crippen molar-refractivity contribution in [1.82, 2.24) is 14.3 Å². The summed E-state index contributed by atoms with van der Waals surface area (Å²) in [6.45, 7) is 2.42. The lowest BCUT2D eigenvalue weighted by atomic mass is 10.0. The number of carbonyl (C=O) groups excluding carboxylic acids is 2. The average Bonchev–Trinajstić information content (AvgIpc) is 3.32. The molecule has 2 saturated heterocycles. The van der Waals surface area contributed by atoms with Crippen LogP contribution in [0.4, 0.5) is 19.3 Å². The highest BCUT2D eigenvalue weighted by molar-refractivity contribution is 6.19. The first-order chi connectivity index (χ1) is 16.7. The van der Waals surface area contributed by atoms with Crippen LogP contribution < -0.4 is 4.90 Å². The number of amides is 3. The highest BCUT2D eigenvalue weighted by Gasteiger charge is 2.33. The highest BCUT2D eigenvalue weighted by Crippen LogP contribution is 2.35. The Bertz CT molecular complexity index is 1330. The Morgan fingerprint density at radius 3 is 2.51 bits per heavy atom. The van der Waals surface area contributed by atoms with Crippen molar-refractivity contribution in [2.45, 2.75) is 32.3 Å². The third-order valence-electron chi connectivity index (χ3n) is 6.28. The number of hydrogen-bond acceptors (Lipinski definition) is 5. The monoisotopic (exact) mass is 484 g/mol. The van der Waals surface area contributed by atoms with Crippen LogP contribution in [0.3, 0.4) is 0 Å². The van der Waals surface area contributed by atoms with E-state index in [1.807, 2.05) is 13.0 Å². The summed E-state index contributed by atoms with van der Waals surface area (Å²) in [6.07, 6.45) is 0.284. The van der Waals surface area contributed by atoms with E-state index in [4.69, 9.17) is 4.74 Å². The van der Waals surface area contributed by atoms with E-state index in [0.717, 1.165) is 22.6 Å². The maximum absolute atomic E-state index is 15.4. The zero-order valence-corrected chi connectivity index (χ0v) is 18.8. The fourth-order valence-corrected chi connectivity index (χ4v) is 4.60. The number of hydrogen-bond donors (Lipinski definition) is 1. The quantitative estimate of drug-likeness (QED) is 0.571. The van der Waals surface area contributed by atoms with Crippen molar-refractivity contribution in [1.29, 1.82) is 0 Å². The lowest BCUT2D eigenvalue weighted by molar-refractivity contribution is -0.121. The molecule has 1 atom stereocenters. The molecule has 2 aliphatic heterocycles. The van der Waals surface area contributed by atoms with Gasteiger partial charge in [-0.25, -0.2) is 18.6 Å². The molecule has 9 nitrogen and oxygen atoms in total. The van der Waals surface area contributed by atoms with Gasteiger partial charge in [0.1, 0.15) is 17.3 Å². The third kappa shape index (κ3) is 4.12. The molecule has 1 N–H and O–H groups in total. The van der Waals surface area contributed by atoms with Gasteiger partial charge in [-0.1, -0.05) is 0 Å². The summed E-state index contributed by atoms with van der Waals surface area (Å²) in [5.41, 5.74) is 1.31. The number of ether oxygens (including phenoxy) is 1. The summed E-state index contributed by atoms with van der Waals surface area (Å²) < 4.78 is 38.2. The van der Waals surface area contributed by atoms with E-state index >= 15 is 8.78 Å². The molecule has 2 fully saturated rings. The largest absolute Gasteiger partial charge is 0.465 e. The Balaban J connectivity index is 1.59. The Morgan fingerprint density at radius 2 is 1.86 bits per heavy atom. The van der Waals surface area contributed by atoms with Crippen LogP contribution in [-0.4, -0.2) is 63.1 Å². The number of halogens is 2. The lowest BCUT2D eigenvalue weighted by Gasteiger charge is -2.31. The fraction of sp³-hybridized carbons (Fsp3) is 0.333. The second-order valence-corrected chi connectivity index (χ2v) is 8.67. The predicted octanol–water partition coefficient (Wildman–Crippen LogP) is 3.16. The van der Waals surface area contributed by atoms with E-state index in [-0.39, 0.29) is 50.3 Å². The molecule has 1 aromatic carbocycles. The molecule has 2 aliphatic rings. The second kappa shape index (κ2) is 8.73. The lowest BCUT2D eigenvalue weighted by Crippen LogP contribution is -2.45. The third-order valence-corrected chi connectivity index (χ3v) is 6.28. The highest BCUT2D eigenvalue weighted by atomic mass is 19.1. The topological polar surface area (TPSA) is 104 Å². The summed E-state index contributed by atoms with van der Waals surface area (Å²) in [7, 11) is 0. The van der Waals surface area contributed by atoms with Crippen LogP contribution in [0.2, 0.25) is 0 Å². The van der Waals surface area contributed by atoms with Crippen molar-refractivity contribution in [3.63, 3.8) is 0 Å². The number of morpholine rings is 1. The molecule has 2 aromatic heterocycles. The normalized spacial score (nSPS) is 18.7. The molecule has 0 spiro atoms. The molecule has 0 bridgehead atoms. The Kier molecular flexibility index (Phi) is 5.72. The van der Waals surface area contributed by atoms with E-state index in [1.165, 1.54) is 4.90 Å². The zero-order valence-electron chi connectivity index (χ0n) is 18.8. The van der Waals surface area contributed by atoms with Crippen LogP contribution in [0.1, 0.15) is 24.1 Å². The Morgan fingerprint density at radius 1 is 1.17 bits per heavy atom. The summed E-state index contributed by atoms with van der Waals surface area (Å²) in [4.78, 5) is 42.0. The van der Waals surface area contributed by atoms with Crippen LogP contribution in [0.15, 0.2) is 30.5 Å². The number of aromatic nitrogens is 2. The van der Waals surface area contributed by atoms with Gasteiger partial charge in [-0.05, 0) is 36.8 Å². The van der Waals surface area contributed by atoms with E-state index < -0.39 is 41.2 Å². The molecule has 4 heterocycles. The van der Waals surface area contributed by atoms with Gasteiger partial charge in [-0.2, -0.15) is 0 Å². The number of imidazole rings is 1. The maximum Gasteiger partial charge on any atom is 0.407 e. The van der Waals surface area contributed by atoms with Crippen molar-refractivity contribution in [2.75, 3.05) is 24.6 Å². The first-order valence-electron chi connectivity index (χ1n) is 11.1. The van der Waals surface area contributed by atoms with Crippen molar-refractivity contribution >= 4 is 29.2 Å². The first kappa shape index (κ1) is 22.9. The minimum Gasteiger partial charge on any atom is -0.465 e. The molecule has 0 aliphatic carbocycles. The van der Waals surface area contributed by atoms with Crippen molar-refractivity contribution in [2.24, 2.45) is 0 Å². The van der Waals surface area contributed by atoms with Crippen LogP contribution in [0.5, 0.6) is 0 Å². The summed E-state index contributed by atoms with van der Waals surface area (Å²) >= 11 is 0. The van der Waals surface area contributed by atoms with E-state index in [0.29, 0.717) is 11.3 Å². The van der Waals surface area contributed by atoms with Crippen molar-refractivity contribution in [3.8, 4) is 11.3 Å². The van der Waals surface area contributed by atoms with Crippen molar-refractivity contribution < 1.29 is 33.0 Å². The molecule has 0 saturated carbocycles. The molecule has 182 valence electrons. The smallest absolute Gasteiger partial charge is 0.407 e. The molecule has 3 amide bonds. The number of nitrogens with zero attached hydrogens (tertiary/aromatic N) is 4. The summed E-state index contributed by atoms with van der Waals surface area (Å²) in [6, 6.07) is 5.52. The van der Waals surface area contributed by atoms with Crippen molar-refractivity contribution in [3.05, 3.63) is 53.4 Å². The van der Waals surface area contributed by atoms with Crippen LogP contribution in [0, 0.1) is 18.6 Å². The molecule has 0 radical (unpaired) electrons. The van der Waals surface area contributed by atoms with Gasteiger partial charge in [0.25, 0.3) is 0 Å². The first-order valence-corrected chi connectivity index (χ1v) is 11.1. The molecule has 5 rings (SSSR count). The number of aryl methyl sites for hydroxylation is 1. The number of imide groups is 1. The van der Waals surface area contributed by atoms with Gasteiger partial charge >= 0.3 is 6.09 Å². The average molecular weight is 484 g/mol. The van der Waals surface area contributed by atoms with Crippen LogP contribution in [-0.2, 0) is 20.7 Å². The number of carbonyl (C=O) groups is 3. The molecule has 35 heavy (non-hydrogen) atoms. The van der Waals surface area contributed by atoms with E-state index in [1.54, 1.807) is 16.7 Å². The molecule has 11 heteroatoms. The Hall–Kier alpha value is -3.86. The van der Waals surface area contributed by atoms with Gasteiger partial charge in [0, 0.05) is 32.0 Å². The van der Waals surface area contributed by atoms with Gasteiger partial charge in [-0.3, -0.25) is 14.5 Å². The summed E-state index contributed by atoms with van der Waals surface area (Å²) in [5, 5.41) is 9.34. The number of benzene rings is 1. The number of pyridine rings is 1. The fourth-order valence-electron chi connectivity index (χ4n) is 4.60. The SMILES string of the molecule is Cc1ccn2c(C[C@H]3CN(C(=O)O)CCO3)c(-c3c(F)cc(N4C(=O)CCC4=O)cc3F)nc2c1. The van der Waals surface area contributed by atoms with Crippen LogP contribution >= 0.6 is 0 Å². The number of fused-ring (bicyclic) bond motifs is 1. The van der Waals surface area contributed by atoms with E-state index in [9.17, 15) is 19.5 Å². The van der Waals surface area contributed by atoms with Gasteiger partial charge in [-0.15, -0.1) is 0 Å². The predicted molar refractivity (Wildman–Crippen MR) is 120 cm³/mol. The summed E-state index contributed by atoms with van der Waals surface area (Å²) in [5.74, 6) is -2.96. The van der Waals surface area contributed by atoms with Crippen LogP contribution in [0.25, 0.3) is 16.9 Å². The number of carboxylic acid groups (broad SMARTS) is 1. The van der Waals surface area contributed by atoms with Gasteiger partial charge in [0.15, 0.2) is 0 Å². The van der Waals surface area contributed by atoms with Gasteiger partial charge in [0.05, 0.1) is 41.9 Å². The molecule has 0 unspecified atom stereocenters. The Labute approximate surface area is 198 Å². The standard InChI is InChI=1S/C24H22F2N4O5/c1-13-4-5-29-18(11-15-12-28(24(33)34)6-7-35-15)23(27-19(29)8-13)22-16(25)9-14(10-17(22)26)30-20(31)2-3-21(30)32/h4-5,8-10,15H,2-3,6-7,11-12H2,1H3,(H,33,34)/t15-/m0/s1. The zero-order chi connectivity index (χ0) is 24.9. The minimum absolute atomic E-state index is 0.00545.